The first-order valence-corrected chi connectivity index (χ1v) is 2.91. The van der Waals surface area contributed by atoms with Crippen molar-refractivity contribution >= 4 is 23.5 Å². The van der Waals surface area contributed by atoms with Crippen LogP contribution < -0.4 is 0 Å². The van der Waals surface area contributed by atoms with E-state index >= 15 is 0 Å². The summed E-state index contributed by atoms with van der Waals surface area (Å²) in [7, 11) is 0. The van der Waals surface area contributed by atoms with Crippen LogP contribution in [0.3, 0.4) is 0 Å². The number of halogens is 1. The summed E-state index contributed by atoms with van der Waals surface area (Å²) in [5, 5.41) is 16.0. The van der Waals surface area contributed by atoms with Gasteiger partial charge >= 0.3 is 11.9 Å². The maximum atomic E-state index is 9.91. The molecule has 0 spiro atoms. The van der Waals surface area contributed by atoms with Crippen molar-refractivity contribution in [2.24, 2.45) is 0 Å². The largest absolute Gasteiger partial charge is 0.478 e. The van der Waals surface area contributed by atoms with Gasteiger partial charge in [-0.25, -0.2) is 9.59 Å². The van der Waals surface area contributed by atoms with Gasteiger partial charge in [0.15, 0.2) is 0 Å². The second-order valence-corrected chi connectivity index (χ2v) is 1.98. The minimum Gasteiger partial charge on any atom is -0.478 e. The van der Waals surface area contributed by atoms with E-state index < -0.39 is 11.9 Å². The normalized spacial score (nSPS) is 11.9. The Kier molecular flexibility index (Phi) is 3.98. The molecule has 0 bridgehead atoms. The summed E-state index contributed by atoms with van der Waals surface area (Å²) in [5.74, 6) is -2.40. The lowest BCUT2D eigenvalue weighted by molar-refractivity contribution is -0.132. The molecule has 0 aromatic carbocycles. The molecule has 0 radical (unpaired) electrons. The number of hydrogen-bond donors (Lipinski definition) is 2. The number of aliphatic carboxylic acids is 2. The van der Waals surface area contributed by atoms with Crippen molar-refractivity contribution in [2.75, 3.05) is 0 Å². The van der Waals surface area contributed by atoms with Crippen LogP contribution in [0.25, 0.3) is 0 Å². The Morgan fingerprint density at radius 2 is 1.64 bits per heavy atom. The summed E-state index contributed by atoms with van der Waals surface area (Å²) < 4.78 is 0. The average Bonchev–Trinajstić information content (AvgIpc) is 1.82. The van der Waals surface area contributed by atoms with Crippen LogP contribution in [-0.4, -0.2) is 22.2 Å². The highest BCUT2D eigenvalue weighted by Crippen LogP contribution is 2.01. The standard InChI is InChI=1S/C6H5ClO4/c7-4(3-6(10)11)1-2-5(8)9/h1-3H,(H,8,9)(H,10,11)/b2-1?,4-3-. The van der Waals surface area contributed by atoms with Crippen LogP contribution in [0.5, 0.6) is 0 Å². The monoisotopic (exact) mass is 176 g/mol. The van der Waals surface area contributed by atoms with E-state index in [1.54, 1.807) is 0 Å². The number of hydrogen-bond acceptors (Lipinski definition) is 2. The molecule has 0 heterocycles. The van der Waals surface area contributed by atoms with Crippen LogP contribution >= 0.6 is 11.6 Å². The Bertz CT molecular complexity index is 229. The maximum Gasteiger partial charge on any atom is 0.329 e. The molecule has 0 aliphatic rings. The molecule has 0 saturated carbocycles. The molecule has 0 amide bonds. The van der Waals surface area contributed by atoms with Crippen molar-refractivity contribution < 1.29 is 19.8 Å². The summed E-state index contributed by atoms with van der Waals surface area (Å²) in [6.45, 7) is 0. The highest BCUT2D eigenvalue weighted by Gasteiger charge is 1.92. The lowest BCUT2D eigenvalue weighted by Gasteiger charge is -1.83. The van der Waals surface area contributed by atoms with Gasteiger partial charge in [0.25, 0.3) is 0 Å². The number of rotatable bonds is 3. The van der Waals surface area contributed by atoms with Gasteiger partial charge in [0.1, 0.15) is 0 Å². The summed E-state index contributed by atoms with van der Waals surface area (Å²) in [4.78, 5) is 19.8. The fraction of sp³-hybridized carbons (Fsp3) is 0. The second kappa shape index (κ2) is 4.51. The highest BCUT2D eigenvalue weighted by molar-refractivity contribution is 6.32. The average molecular weight is 177 g/mol. The van der Waals surface area contributed by atoms with E-state index in [2.05, 4.69) is 0 Å². The Balaban J connectivity index is 4.17. The zero-order valence-corrected chi connectivity index (χ0v) is 6.08. The SMILES string of the molecule is O=C(O)C=C/C(Cl)=C/C(=O)O. The molecule has 0 aliphatic carbocycles. The predicted molar refractivity (Wildman–Crippen MR) is 38.3 cm³/mol. The van der Waals surface area contributed by atoms with Crippen molar-refractivity contribution in [3.8, 4) is 0 Å². The van der Waals surface area contributed by atoms with Gasteiger partial charge in [-0.1, -0.05) is 11.6 Å². The Labute approximate surface area is 67.4 Å². The quantitative estimate of drug-likeness (QED) is 0.494. The van der Waals surface area contributed by atoms with Gasteiger partial charge < -0.3 is 10.2 Å². The molecule has 0 rings (SSSR count). The molecule has 0 aromatic heterocycles. The Morgan fingerprint density at radius 1 is 1.09 bits per heavy atom. The molecule has 60 valence electrons. The van der Waals surface area contributed by atoms with Crippen molar-refractivity contribution in [3.05, 3.63) is 23.3 Å². The van der Waals surface area contributed by atoms with E-state index in [9.17, 15) is 9.59 Å². The molecule has 0 fully saturated rings. The molecule has 4 nitrogen and oxygen atoms in total. The third-order valence-corrected chi connectivity index (χ3v) is 0.882. The van der Waals surface area contributed by atoms with Gasteiger partial charge in [-0.15, -0.1) is 0 Å². The van der Waals surface area contributed by atoms with E-state index in [4.69, 9.17) is 21.8 Å². The summed E-state index contributed by atoms with van der Waals surface area (Å²) in [6.07, 6.45) is 2.43. The van der Waals surface area contributed by atoms with Crippen LogP contribution in [0.1, 0.15) is 0 Å². The minimum atomic E-state index is -1.22. The van der Waals surface area contributed by atoms with Gasteiger partial charge in [0.05, 0.1) is 0 Å². The first kappa shape index (κ1) is 9.71. The molecule has 2 N–H and O–H groups in total. The number of carbonyl (C=O) groups is 2. The third-order valence-electron chi connectivity index (χ3n) is 0.646. The van der Waals surface area contributed by atoms with Gasteiger partial charge in [0, 0.05) is 17.2 Å². The lowest BCUT2D eigenvalue weighted by atomic mass is 10.4. The van der Waals surface area contributed by atoms with E-state index in [1.807, 2.05) is 0 Å². The molecular formula is C6H5ClO4. The maximum absolute atomic E-state index is 9.91. The smallest absolute Gasteiger partial charge is 0.329 e. The van der Waals surface area contributed by atoms with Crippen LogP contribution in [-0.2, 0) is 9.59 Å². The summed E-state index contributed by atoms with van der Waals surface area (Å²) in [5.41, 5.74) is 0. The molecule has 5 heteroatoms. The molecule has 0 aliphatic heterocycles. The van der Waals surface area contributed by atoms with Crippen molar-refractivity contribution in [1.29, 1.82) is 0 Å². The Morgan fingerprint density at radius 3 is 2.00 bits per heavy atom. The van der Waals surface area contributed by atoms with E-state index in [0.29, 0.717) is 6.08 Å². The highest BCUT2D eigenvalue weighted by atomic mass is 35.5. The topological polar surface area (TPSA) is 74.6 Å². The number of carboxylic acids is 2. The molecule has 0 saturated heterocycles. The van der Waals surface area contributed by atoms with Gasteiger partial charge in [-0.2, -0.15) is 0 Å². The molecular weight excluding hydrogens is 172 g/mol. The lowest BCUT2D eigenvalue weighted by Crippen LogP contribution is -1.89. The molecule has 0 unspecified atom stereocenters. The fourth-order valence-corrected chi connectivity index (χ4v) is 0.473. The predicted octanol–water partition coefficient (Wildman–Crippen LogP) is 0.835. The Hall–Kier alpha value is -1.29. The van der Waals surface area contributed by atoms with Crippen molar-refractivity contribution in [1.82, 2.24) is 0 Å². The van der Waals surface area contributed by atoms with Crippen molar-refractivity contribution in [2.45, 2.75) is 0 Å². The van der Waals surface area contributed by atoms with Crippen LogP contribution in [0, 0.1) is 0 Å². The van der Waals surface area contributed by atoms with Crippen molar-refractivity contribution in [3.63, 3.8) is 0 Å². The van der Waals surface area contributed by atoms with E-state index in [0.717, 1.165) is 12.2 Å². The molecule has 0 atom stereocenters. The van der Waals surface area contributed by atoms with Gasteiger partial charge in [0.2, 0.25) is 0 Å². The molecule has 11 heavy (non-hydrogen) atoms. The van der Waals surface area contributed by atoms with Gasteiger partial charge in [-0.3, -0.25) is 0 Å². The molecule has 0 aromatic rings. The van der Waals surface area contributed by atoms with Gasteiger partial charge in [-0.05, 0) is 6.08 Å². The third kappa shape index (κ3) is 6.60. The fourth-order valence-electron chi connectivity index (χ4n) is 0.317. The number of allylic oxidation sites excluding steroid dienone is 2. The second-order valence-electron chi connectivity index (χ2n) is 1.54. The summed E-state index contributed by atoms with van der Waals surface area (Å²) in [6, 6.07) is 0. The first-order valence-electron chi connectivity index (χ1n) is 2.53. The summed E-state index contributed by atoms with van der Waals surface area (Å²) >= 11 is 5.25. The van der Waals surface area contributed by atoms with E-state index in [1.165, 1.54) is 0 Å². The first-order chi connectivity index (χ1) is 5.02. The number of carboxylic acid groups (broad SMARTS) is 2. The van der Waals surface area contributed by atoms with Crippen LogP contribution in [0.4, 0.5) is 0 Å². The van der Waals surface area contributed by atoms with E-state index in [-0.39, 0.29) is 5.03 Å². The van der Waals surface area contributed by atoms with Crippen LogP contribution in [0.2, 0.25) is 0 Å². The minimum absolute atomic E-state index is 0.139. The zero-order chi connectivity index (χ0) is 8.85. The van der Waals surface area contributed by atoms with Crippen LogP contribution in [0.15, 0.2) is 23.3 Å². The zero-order valence-electron chi connectivity index (χ0n) is 5.32.